The fraction of sp³-hybridized carbons (Fsp3) is 0.333. The lowest BCUT2D eigenvalue weighted by Gasteiger charge is -2.33. The van der Waals surface area contributed by atoms with Gasteiger partial charge in [0.15, 0.2) is 0 Å². The Morgan fingerprint density at radius 3 is 2.11 bits per heavy atom. The molecule has 1 atom stereocenters. The Labute approximate surface area is 226 Å². The minimum atomic E-state index is -4.08. The number of amides is 2. The minimum Gasteiger partial charge on any atom is -0.352 e. The summed E-state index contributed by atoms with van der Waals surface area (Å²) in [5.41, 5.74) is 3.88. The van der Waals surface area contributed by atoms with Crippen molar-refractivity contribution in [1.29, 1.82) is 0 Å². The number of rotatable bonds is 10. The van der Waals surface area contributed by atoms with E-state index in [4.69, 9.17) is 0 Å². The van der Waals surface area contributed by atoms with Crippen LogP contribution in [-0.2, 0) is 26.2 Å². The van der Waals surface area contributed by atoms with Crippen molar-refractivity contribution < 1.29 is 18.0 Å². The van der Waals surface area contributed by atoms with E-state index in [0.717, 1.165) is 26.6 Å². The molecule has 0 aliphatic carbocycles. The highest BCUT2D eigenvalue weighted by molar-refractivity contribution is 7.92. The number of hydrogen-bond donors (Lipinski definition) is 1. The molecule has 0 heterocycles. The fourth-order valence-electron chi connectivity index (χ4n) is 4.18. The van der Waals surface area contributed by atoms with Gasteiger partial charge in [0.1, 0.15) is 12.6 Å². The van der Waals surface area contributed by atoms with E-state index in [9.17, 15) is 18.0 Å². The molecule has 202 valence electrons. The summed E-state index contributed by atoms with van der Waals surface area (Å²) in [7, 11) is -4.08. The lowest BCUT2D eigenvalue weighted by Crippen LogP contribution is -2.52. The van der Waals surface area contributed by atoms with E-state index in [1.54, 1.807) is 31.2 Å². The van der Waals surface area contributed by atoms with Crippen LogP contribution in [0.2, 0.25) is 0 Å². The predicted molar refractivity (Wildman–Crippen MR) is 151 cm³/mol. The number of carbonyl (C=O) groups is 2. The van der Waals surface area contributed by atoms with Gasteiger partial charge in [-0.25, -0.2) is 8.42 Å². The van der Waals surface area contributed by atoms with Gasteiger partial charge in [-0.05, 0) is 82.0 Å². The van der Waals surface area contributed by atoms with Crippen molar-refractivity contribution in [3.8, 4) is 0 Å². The third-order valence-electron chi connectivity index (χ3n) is 6.44. The molecule has 0 aliphatic rings. The smallest absolute Gasteiger partial charge is 0.264 e. The van der Waals surface area contributed by atoms with Gasteiger partial charge in [-0.1, -0.05) is 54.6 Å². The van der Waals surface area contributed by atoms with E-state index >= 15 is 0 Å². The van der Waals surface area contributed by atoms with Crippen molar-refractivity contribution in [2.45, 2.75) is 65.1 Å². The quantitative estimate of drug-likeness (QED) is 0.406. The Balaban J connectivity index is 2.08. The Bertz CT molecular complexity index is 1390. The molecule has 0 aliphatic heterocycles. The molecule has 3 aromatic carbocycles. The molecule has 3 aromatic rings. The molecular formula is C30H37N3O4S. The van der Waals surface area contributed by atoms with Crippen LogP contribution in [0.25, 0.3) is 0 Å². The predicted octanol–water partition coefficient (Wildman–Crippen LogP) is 4.75. The average molecular weight is 536 g/mol. The number of aryl methyl sites for hydroxylation is 3. The maximum absolute atomic E-state index is 14.0. The Morgan fingerprint density at radius 2 is 1.47 bits per heavy atom. The van der Waals surface area contributed by atoms with Crippen molar-refractivity contribution in [1.82, 2.24) is 10.2 Å². The van der Waals surface area contributed by atoms with Crippen molar-refractivity contribution in [2.24, 2.45) is 0 Å². The van der Waals surface area contributed by atoms with Crippen LogP contribution in [0, 0.1) is 20.8 Å². The molecule has 0 unspecified atom stereocenters. The van der Waals surface area contributed by atoms with E-state index in [1.165, 1.54) is 17.0 Å². The zero-order valence-corrected chi connectivity index (χ0v) is 23.7. The molecule has 7 nitrogen and oxygen atoms in total. The zero-order valence-electron chi connectivity index (χ0n) is 22.9. The van der Waals surface area contributed by atoms with Crippen LogP contribution in [-0.4, -0.2) is 43.8 Å². The standard InChI is InChI=1S/C30H37N3O4S/c1-21(2)31-30(35)25(6)32(19-26-13-11-10-12-23(26)4)29(34)20-33(28-18-22(3)16-17-24(28)5)38(36,37)27-14-8-7-9-15-27/h7-18,21,25H,19-20H2,1-6H3,(H,31,35)/t25-/m1/s1. The van der Waals surface area contributed by atoms with Crippen molar-refractivity contribution in [3.05, 3.63) is 95.1 Å². The van der Waals surface area contributed by atoms with Crippen LogP contribution < -0.4 is 9.62 Å². The van der Waals surface area contributed by atoms with Gasteiger partial charge in [0.2, 0.25) is 11.8 Å². The van der Waals surface area contributed by atoms with Gasteiger partial charge < -0.3 is 10.2 Å². The molecule has 1 N–H and O–H groups in total. The Kier molecular flexibility index (Phi) is 9.33. The first-order valence-corrected chi connectivity index (χ1v) is 14.1. The summed E-state index contributed by atoms with van der Waals surface area (Å²) in [4.78, 5) is 28.5. The summed E-state index contributed by atoms with van der Waals surface area (Å²) in [5.74, 6) is -0.772. The summed E-state index contributed by atoms with van der Waals surface area (Å²) in [6.45, 7) is 10.7. The highest BCUT2D eigenvalue weighted by atomic mass is 32.2. The second kappa shape index (κ2) is 12.3. The number of hydrogen-bond acceptors (Lipinski definition) is 4. The van der Waals surface area contributed by atoms with E-state index in [0.29, 0.717) is 5.69 Å². The first kappa shape index (κ1) is 28.9. The first-order chi connectivity index (χ1) is 17.9. The summed E-state index contributed by atoms with van der Waals surface area (Å²) in [5, 5.41) is 2.87. The number of anilines is 1. The van der Waals surface area contributed by atoms with Crippen molar-refractivity contribution in [2.75, 3.05) is 10.8 Å². The second-order valence-electron chi connectivity index (χ2n) is 9.90. The third-order valence-corrected chi connectivity index (χ3v) is 8.22. The lowest BCUT2D eigenvalue weighted by molar-refractivity contribution is -0.139. The van der Waals surface area contributed by atoms with Crippen LogP contribution in [0.5, 0.6) is 0 Å². The normalized spacial score (nSPS) is 12.2. The van der Waals surface area contributed by atoms with Crippen LogP contribution in [0.3, 0.4) is 0 Å². The van der Waals surface area contributed by atoms with Crippen molar-refractivity contribution in [3.63, 3.8) is 0 Å². The maximum atomic E-state index is 14.0. The molecule has 0 aromatic heterocycles. The highest BCUT2D eigenvalue weighted by Crippen LogP contribution is 2.28. The first-order valence-electron chi connectivity index (χ1n) is 12.7. The Hall–Kier alpha value is -3.65. The molecule has 0 bridgehead atoms. The van der Waals surface area contributed by atoms with E-state index < -0.39 is 28.5 Å². The summed E-state index contributed by atoms with van der Waals surface area (Å²) >= 11 is 0. The molecule has 0 spiro atoms. The fourth-order valence-corrected chi connectivity index (χ4v) is 5.67. The van der Waals surface area contributed by atoms with Gasteiger partial charge in [-0.2, -0.15) is 0 Å². The second-order valence-corrected chi connectivity index (χ2v) is 11.8. The molecule has 0 saturated carbocycles. The molecule has 0 radical (unpaired) electrons. The SMILES string of the molecule is Cc1ccc(C)c(N(CC(=O)N(Cc2ccccc2C)[C@H](C)C(=O)NC(C)C)S(=O)(=O)c2ccccc2)c1. The molecule has 8 heteroatoms. The summed E-state index contributed by atoms with van der Waals surface area (Å²) in [6.07, 6.45) is 0. The molecule has 38 heavy (non-hydrogen) atoms. The van der Waals surface area contributed by atoms with Gasteiger partial charge >= 0.3 is 0 Å². The number of carbonyl (C=O) groups excluding carboxylic acids is 2. The molecule has 2 amide bonds. The molecule has 0 fully saturated rings. The summed E-state index contributed by atoms with van der Waals surface area (Å²) in [6, 6.07) is 20.3. The average Bonchev–Trinajstić information content (AvgIpc) is 2.88. The zero-order chi connectivity index (χ0) is 28.0. The van der Waals surface area contributed by atoms with Gasteiger partial charge in [0.05, 0.1) is 10.6 Å². The molecule has 3 rings (SSSR count). The monoisotopic (exact) mass is 535 g/mol. The minimum absolute atomic E-state index is 0.0877. The number of nitrogens with zero attached hydrogens (tertiary/aromatic N) is 2. The maximum Gasteiger partial charge on any atom is 0.264 e. The van der Waals surface area contributed by atoms with Crippen molar-refractivity contribution >= 4 is 27.5 Å². The van der Waals surface area contributed by atoms with Gasteiger partial charge in [0.25, 0.3) is 10.0 Å². The van der Waals surface area contributed by atoms with Crippen LogP contribution in [0.4, 0.5) is 5.69 Å². The van der Waals surface area contributed by atoms with E-state index in [2.05, 4.69) is 5.32 Å². The van der Waals surface area contributed by atoms with E-state index in [-0.39, 0.29) is 23.4 Å². The van der Waals surface area contributed by atoms with E-state index in [1.807, 2.05) is 71.0 Å². The van der Waals surface area contributed by atoms with Crippen LogP contribution in [0.15, 0.2) is 77.7 Å². The van der Waals surface area contributed by atoms with Gasteiger partial charge in [0, 0.05) is 12.6 Å². The number of sulfonamides is 1. The lowest BCUT2D eigenvalue weighted by atomic mass is 10.1. The Morgan fingerprint density at radius 1 is 0.842 bits per heavy atom. The van der Waals surface area contributed by atoms with Gasteiger partial charge in [-0.3, -0.25) is 13.9 Å². The van der Waals surface area contributed by atoms with Crippen LogP contribution >= 0.6 is 0 Å². The molecular weight excluding hydrogens is 498 g/mol. The molecule has 0 saturated heterocycles. The number of benzene rings is 3. The number of nitrogens with one attached hydrogen (secondary N) is 1. The third kappa shape index (κ3) is 6.81. The summed E-state index contributed by atoms with van der Waals surface area (Å²) < 4.78 is 28.9. The van der Waals surface area contributed by atoms with Crippen LogP contribution in [0.1, 0.15) is 43.0 Å². The topological polar surface area (TPSA) is 86.8 Å². The van der Waals surface area contributed by atoms with Gasteiger partial charge in [-0.15, -0.1) is 0 Å². The largest absolute Gasteiger partial charge is 0.352 e. The highest BCUT2D eigenvalue weighted by Gasteiger charge is 2.33.